The molecule has 0 unspecified atom stereocenters. The summed E-state index contributed by atoms with van der Waals surface area (Å²) in [6.45, 7) is 6.11. The molecule has 0 N–H and O–H groups in total. The van der Waals surface area contributed by atoms with Gasteiger partial charge in [-0.25, -0.2) is 0 Å². The molecule has 8 aromatic rings. The number of hydrogen-bond acceptors (Lipinski definition) is 1. The topological polar surface area (TPSA) is 8.17 Å². The predicted molar refractivity (Wildman–Crippen MR) is 220 cm³/mol. The first-order valence-electron chi connectivity index (χ1n) is 17.9. The number of hydrogen-bond donors (Lipinski definition) is 0. The fourth-order valence-electron chi connectivity index (χ4n) is 8.44. The SMILES string of the molecule is C=C/C=C\C(=C/C)N(c1ccc2c(c1)C(c1ccccc1)(c1ccccc1)c1ccccc1-2)c1ccc2c3ccccc3n(-c3ccccc3)c2c1. The van der Waals surface area contributed by atoms with E-state index < -0.39 is 5.41 Å². The Kier molecular flexibility index (Phi) is 7.79. The number of nitrogens with zero attached hydrogens (tertiary/aromatic N) is 2. The molecule has 1 aliphatic rings. The molecule has 1 aliphatic carbocycles. The monoisotopic (exact) mass is 666 g/mol. The Labute approximate surface area is 305 Å². The average Bonchev–Trinajstić information content (AvgIpc) is 3.70. The summed E-state index contributed by atoms with van der Waals surface area (Å²) in [6, 6.07) is 64.2. The standard InChI is InChI=1S/C50H38N2/c1-3-5-23-38(4-2)51(41-31-33-45-44-27-16-18-29-48(44)52(49(45)35-41)39-24-13-8-14-25-39)40-30-32-43-42-26-15-17-28-46(42)50(47(43)34-40,36-19-9-6-10-20-36)37-21-11-7-12-22-37/h3-35H,1H2,2H3/b23-5-,38-4+. The normalized spacial score (nSPS) is 13.4. The summed E-state index contributed by atoms with van der Waals surface area (Å²) in [5.41, 5.74) is 13.8. The van der Waals surface area contributed by atoms with Gasteiger partial charge >= 0.3 is 0 Å². The molecular weight excluding hydrogens is 629 g/mol. The van der Waals surface area contributed by atoms with Gasteiger partial charge in [0.1, 0.15) is 0 Å². The molecule has 0 saturated heterocycles. The van der Waals surface area contributed by atoms with Gasteiger partial charge in [-0.1, -0.05) is 158 Å². The van der Waals surface area contributed by atoms with Crippen LogP contribution in [0.5, 0.6) is 0 Å². The van der Waals surface area contributed by atoms with Gasteiger partial charge in [-0.15, -0.1) is 0 Å². The fraction of sp³-hybridized carbons (Fsp3) is 0.0400. The summed E-state index contributed by atoms with van der Waals surface area (Å²) in [6.07, 6.45) is 8.19. The number of para-hydroxylation sites is 2. The molecule has 0 aliphatic heterocycles. The summed E-state index contributed by atoms with van der Waals surface area (Å²) in [7, 11) is 0. The molecule has 2 nitrogen and oxygen atoms in total. The number of fused-ring (bicyclic) bond motifs is 6. The van der Waals surface area contributed by atoms with Crippen LogP contribution in [0.2, 0.25) is 0 Å². The molecule has 2 heteroatoms. The molecule has 0 fully saturated rings. The summed E-state index contributed by atoms with van der Waals surface area (Å²) in [4.78, 5) is 2.39. The molecule has 248 valence electrons. The van der Waals surface area contributed by atoms with Gasteiger partial charge in [0.2, 0.25) is 0 Å². The minimum atomic E-state index is -0.493. The number of aromatic nitrogens is 1. The maximum absolute atomic E-state index is 4.00. The minimum Gasteiger partial charge on any atom is -0.311 e. The zero-order valence-corrected chi connectivity index (χ0v) is 29.2. The number of allylic oxidation sites excluding steroid dienone is 4. The third kappa shape index (κ3) is 4.80. The Bertz CT molecular complexity index is 2600. The van der Waals surface area contributed by atoms with Gasteiger partial charge in [-0.2, -0.15) is 0 Å². The van der Waals surface area contributed by atoms with E-state index in [4.69, 9.17) is 0 Å². The van der Waals surface area contributed by atoms with Crippen LogP contribution >= 0.6 is 0 Å². The van der Waals surface area contributed by atoms with Gasteiger partial charge in [0.25, 0.3) is 0 Å². The molecule has 52 heavy (non-hydrogen) atoms. The molecule has 0 saturated carbocycles. The van der Waals surface area contributed by atoms with Crippen molar-refractivity contribution in [2.75, 3.05) is 4.90 Å². The van der Waals surface area contributed by atoms with Crippen molar-refractivity contribution < 1.29 is 0 Å². The van der Waals surface area contributed by atoms with Crippen LogP contribution in [0, 0.1) is 0 Å². The highest BCUT2D eigenvalue weighted by Crippen LogP contribution is 2.57. The maximum Gasteiger partial charge on any atom is 0.0714 e. The van der Waals surface area contributed by atoms with Crippen LogP contribution in [0.15, 0.2) is 213 Å². The molecule has 1 aromatic heterocycles. The Hall–Kier alpha value is -6.64. The van der Waals surface area contributed by atoms with Gasteiger partial charge in [0.15, 0.2) is 0 Å². The lowest BCUT2D eigenvalue weighted by molar-refractivity contribution is 0.768. The second kappa shape index (κ2) is 12.9. The quantitative estimate of drug-likeness (QED) is 0.147. The van der Waals surface area contributed by atoms with E-state index >= 15 is 0 Å². The first-order chi connectivity index (χ1) is 25.7. The third-order valence-corrected chi connectivity index (χ3v) is 10.6. The molecule has 0 spiro atoms. The maximum atomic E-state index is 4.00. The van der Waals surface area contributed by atoms with E-state index in [1.807, 2.05) is 12.2 Å². The Balaban J connectivity index is 1.33. The van der Waals surface area contributed by atoms with Crippen molar-refractivity contribution in [1.82, 2.24) is 4.57 Å². The minimum absolute atomic E-state index is 0.493. The second-order valence-corrected chi connectivity index (χ2v) is 13.3. The van der Waals surface area contributed by atoms with Crippen LogP contribution in [0.1, 0.15) is 29.2 Å². The molecular formula is C50H38N2. The van der Waals surface area contributed by atoms with Crippen LogP contribution in [-0.2, 0) is 5.41 Å². The fourth-order valence-corrected chi connectivity index (χ4v) is 8.44. The lowest BCUT2D eigenvalue weighted by Crippen LogP contribution is -2.28. The van der Waals surface area contributed by atoms with E-state index in [1.165, 1.54) is 49.7 Å². The Morgan fingerprint density at radius 2 is 1.13 bits per heavy atom. The highest BCUT2D eigenvalue weighted by molar-refractivity contribution is 6.10. The number of rotatable bonds is 8. The zero-order chi connectivity index (χ0) is 35.1. The average molecular weight is 667 g/mol. The van der Waals surface area contributed by atoms with E-state index in [9.17, 15) is 0 Å². The molecule has 0 atom stereocenters. The van der Waals surface area contributed by atoms with Gasteiger partial charge in [-0.3, -0.25) is 0 Å². The van der Waals surface area contributed by atoms with E-state index in [0.717, 1.165) is 28.3 Å². The van der Waals surface area contributed by atoms with Crippen molar-refractivity contribution in [3.63, 3.8) is 0 Å². The third-order valence-electron chi connectivity index (χ3n) is 10.6. The highest BCUT2D eigenvalue weighted by Gasteiger charge is 2.46. The summed E-state index contributed by atoms with van der Waals surface area (Å²) in [5.74, 6) is 0. The van der Waals surface area contributed by atoms with Crippen LogP contribution in [0.4, 0.5) is 11.4 Å². The summed E-state index contributed by atoms with van der Waals surface area (Å²) in [5, 5.41) is 2.46. The van der Waals surface area contributed by atoms with Crippen molar-refractivity contribution in [2.24, 2.45) is 0 Å². The molecule has 1 heterocycles. The van der Waals surface area contributed by atoms with E-state index in [1.54, 1.807) is 0 Å². The predicted octanol–water partition coefficient (Wildman–Crippen LogP) is 12.9. The first-order valence-corrected chi connectivity index (χ1v) is 17.9. The highest BCUT2D eigenvalue weighted by atomic mass is 15.1. The van der Waals surface area contributed by atoms with Crippen LogP contribution in [0.25, 0.3) is 38.6 Å². The molecule has 0 amide bonds. The summed E-state index contributed by atoms with van der Waals surface area (Å²) < 4.78 is 2.39. The van der Waals surface area contributed by atoms with Crippen molar-refractivity contribution in [3.8, 4) is 16.8 Å². The van der Waals surface area contributed by atoms with Crippen molar-refractivity contribution >= 4 is 33.2 Å². The molecule has 0 bridgehead atoms. The molecule has 0 radical (unpaired) electrons. The van der Waals surface area contributed by atoms with E-state index in [-0.39, 0.29) is 0 Å². The van der Waals surface area contributed by atoms with Crippen LogP contribution < -0.4 is 4.90 Å². The van der Waals surface area contributed by atoms with Gasteiger partial charge < -0.3 is 9.47 Å². The zero-order valence-electron chi connectivity index (χ0n) is 29.2. The van der Waals surface area contributed by atoms with Crippen molar-refractivity contribution in [3.05, 3.63) is 235 Å². The van der Waals surface area contributed by atoms with Gasteiger partial charge in [0.05, 0.1) is 16.4 Å². The van der Waals surface area contributed by atoms with Gasteiger partial charge in [-0.05, 0) is 88.8 Å². The second-order valence-electron chi connectivity index (χ2n) is 13.3. The largest absolute Gasteiger partial charge is 0.311 e. The smallest absolute Gasteiger partial charge is 0.0714 e. The molecule has 9 rings (SSSR count). The lowest BCUT2D eigenvalue weighted by atomic mass is 9.67. The Morgan fingerprint density at radius 1 is 0.558 bits per heavy atom. The van der Waals surface area contributed by atoms with E-state index in [0.29, 0.717) is 0 Å². The first kappa shape index (κ1) is 31.3. The number of anilines is 2. The molecule has 7 aromatic carbocycles. The summed E-state index contributed by atoms with van der Waals surface area (Å²) >= 11 is 0. The van der Waals surface area contributed by atoms with E-state index in [2.05, 4.69) is 211 Å². The van der Waals surface area contributed by atoms with Crippen LogP contribution in [-0.4, -0.2) is 4.57 Å². The van der Waals surface area contributed by atoms with Crippen molar-refractivity contribution in [1.29, 1.82) is 0 Å². The van der Waals surface area contributed by atoms with Gasteiger partial charge in [0, 0.05) is 33.5 Å². The number of benzene rings is 7. The van der Waals surface area contributed by atoms with Crippen LogP contribution in [0.3, 0.4) is 0 Å². The lowest BCUT2D eigenvalue weighted by Gasteiger charge is -2.35. The van der Waals surface area contributed by atoms with Crippen molar-refractivity contribution in [2.45, 2.75) is 12.3 Å². The Morgan fingerprint density at radius 3 is 1.85 bits per heavy atom.